The topological polar surface area (TPSA) is 96.0 Å². The van der Waals surface area contributed by atoms with Gasteiger partial charge in [0.2, 0.25) is 21.8 Å². The molecule has 0 spiro atoms. The number of halogens is 1. The first-order valence-electron chi connectivity index (χ1n) is 10.5. The molecule has 0 bridgehead atoms. The second-order valence-electron chi connectivity index (χ2n) is 7.59. The molecule has 1 atom stereocenters. The van der Waals surface area contributed by atoms with Crippen molar-refractivity contribution >= 4 is 50.1 Å². The van der Waals surface area contributed by atoms with Crippen LogP contribution in [0.4, 0.5) is 5.69 Å². The van der Waals surface area contributed by atoms with E-state index in [1.165, 1.54) is 4.90 Å². The lowest BCUT2D eigenvalue weighted by atomic mass is 10.1. The van der Waals surface area contributed by atoms with Crippen molar-refractivity contribution in [2.45, 2.75) is 32.9 Å². The second kappa shape index (κ2) is 12.2. The highest BCUT2D eigenvalue weighted by Gasteiger charge is 2.30. The van der Waals surface area contributed by atoms with E-state index in [-0.39, 0.29) is 12.5 Å². The Balaban J connectivity index is 2.37. The van der Waals surface area contributed by atoms with E-state index in [9.17, 15) is 18.0 Å². The van der Waals surface area contributed by atoms with Gasteiger partial charge in [-0.15, -0.1) is 0 Å². The minimum Gasteiger partial charge on any atom is -0.497 e. The van der Waals surface area contributed by atoms with E-state index in [0.29, 0.717) is 18.0 Å². The molecule has 8 nitrogen and oxygen atoms in total. The number of amides is 2. The number of methoxy groups -OCH3 is 1. The van der Waals surface area contributed by atoms with E-state index in [2.05, 4.69) is 27.9 Å². The van der Waals surface area contributed by atoms with Crippen molar-refractivity contribution in [3.8, 4) is 5.75 Å². The molecule has 0 saturated carbocycles. The lowest BCUT2D eigenvalue weighted by Gasteiger charge is -2.31. The number of rotatable bonds is 11. The van der Waals surface area contributed by atoms with Gasteiger partial charge in [-0.05, 0) is 77.9 Å². The number of anilines is 1. The average Bonchev–Trinajstić information content (AvgIpc) is 2.79. The Morgan fingerprint density at radius 3 is 2.39 bits per heavy atom. The van der Waals surface area contributed by atoms with Gasteiger partial charge in [0.25, 0.3) is 0 Å². The molecule has 0 aliphatic rings. The summed E-state index contributed by atoms with van der Waals surface area (Å²) in [4.78, 5) is 27.5. The van der Waals surface area contributed by atoms with Gasteiger partial charge in [-0.25, -0.2) is 8.42 Å². The third-order valence-electron chi connectivity index (χ3n) is 5.00. The van der Waals surface area contributed by atoms with E-state index < -0.39 is 28.5 Å². The Morgan fingerprint density at radius 1 is 1.15 bits per heavy atom. The summed E-state index contributed by atoms with van der Waals surface area (Å²) in [5.41, 5.74) is 1.15. The number of carbonyl (C=O) groups is 2. The smallest absolute Gasteiger partial charge is 0.244 e. The van der Waals surface area contributed by atoms with Crippen LogP contribution in [0.15, 0.2) is 48.5 Å². The molecular formula is C23H30IN3O5S. The van der Waals surface area contributed by atoms with Crippen LogP contribution < -0.4 is 14.4 Å². The van der Waals surface area contributed by atoms with Crippen molar-refractivity contribution in [3.63, 3.8) is 0 Å². The summed E-state index contributed by atoms with van der Waals surface area (Å²) in [7, 11) is -2.19. The van der Waals surface area contributed by atoms with Crippen molar-refractivity contribution < 1.29 is 22.7 Å². The van der Waals surface area contributed by atoms with Gasteiger partial charge in [0, 0.05) is 16.7 Å². The van der Waals surface area contributed by atoms with E-state index >= 15 is 0 Å². The molecule has 2 amide bonds. The summed E-state index contributed by atoms with van der Waals surface area (Å²) in [6, 6.07) is 13.2. The van der Waals surface area contributed by atoms with Crippen LogP contribution in [-0.4, -0.2) is 57.6 Å². The van der Waals surface area contributed by atoms with Gasteiger partial charge in [0.05, 0.1) is 19.1 Å². The van der Waals surface area contributed by atoms with E-state index in [4.69, 9.17) is 4.74 Å². The Kier molecular flexibility index (Phi) is 9.96. The van der Waals surface area contributed by atoms with E-state index in [0.717, 1.165) is 26.1 Å². The van der Waals surface area contributed by atoms with Gasteiger partial charge in [-0.1, -0.05) is 19.1 Å². The normalized spacial score (nSPS) is 12.0. The van der Waals surface area contributed by atoms with Gasteiger partial charge in [-0.2, -0.15) is 0 Å². The maximum Gasteiger partial charge on any atom is 0.244 e. The first-order valence-corrected chi connectivity index (χ1v) is 13.4. The first-order chi connectivity index (χ1) is 15.6. The third-order valence-corrected chi connectivity index (χ3v) is 6.86. The monoisotopic (exact) mass is 587 g/mol. The number of hydrogen-bond acceptors (Lipinski definition) is 5. The van der Waals surface area contributed by atoms with E-state index in [1.807, 2.05) is 13.0 Å². The quantitative estimate of drug-likeness (QED) is 0.408. The molecule has 33 heavy (non-hydrogen) atoms. The van der Waals surface area contributed by atoms with Gasteiger partial charge in [0.1, 0.15) is 18.3 Å². The number of ether oxygens (including phenoxy) is 1. The van der Waals surface area contributed by atoms with Crippen LogP contribution in [0.25, 0.3) is 0 Å². The maximum atomic E-state index is 13.4. The van der Waals surface area contributed by atoms with Crippen LogP contribution in [0.2, 0.25) is 0 Å². The van der Waals surface area contributed by atoms with Gasteiger partial charge < -0.3 is 15.0 Å². The molecule has 0 unspecified atom stereocenters. The van der Waals surface area contributed by atoms with E-state index in [1.54, 1.807) is 56.5 Å². The lowest BCUT2D eigenvalue weighted by Crippen LogP contribution is -2.51. The fraction of sp³-hybridized carbons (Fsp3) is 0.391. The Bertz CT molecular complexity index is 1060. The van der Waals surface area contributed by atoms with Crippen LogP contribution in [-0.2, 0) is 26.2 Å². The molecule has 10 heteroatoms. The predicted molar refractivity (Wildman–Crippen MR) is 138 cm³/mol. The Labute approximate surface area is 209 Å². The summed E-state index contributed by atoms with van der Waals surface area (Å²) < 4.78 is 32.3. The van der Waals surface area contributed by atoms with Crippen molar-refractivity contribution in [1.29, 1.82) is 0 Å². The molecule has 2 aromatic rings. The lowest BCUT2D eigenvalue weighted by molar-refractivity contribution is -0.139. The zero-order valence-electron chi connectivity index (χ0n) is 19.2. The average molecular weight is 587 g/mol. The van der Waals surface area contributed by atoms with Crippen LogP contribution in [0.1, 0.15) is 25.8 Å². The minimum absolute atomic E-state index is 0.126. The molecule has 0 radical (unpaired) electrons. The summed E-state index contributed by atoms with van der Waals surface area (Å²) >= 11 is 2.12. The van der Waals surface area contributed by atoms with Crippen LogP contribution in [0.3, 0.4) is 0 Å². The second-order valence-corrected chi connectivity index (χ2v) is 10.7. The number of benzene rings is 2. The van der Waals surface area contributed by atoms with Crippen molar-refractivity contribution in [1.82, 2.24) is 10.2 Å². The molecular weight excluding hydrogens is 557 g/mol. The standard InChI is InChI=1S/C23H30IN3O5S/c1-5-13-25-23(29)17(2)26(15-18-7-6-8-21(14-18)32-3)22(28)16-27(33(4,30)31)20-11-9-19(24)10-12-20/h6-12,14,17H,5,13,15-16H2,1-4H3,(H,25,29)/t17-/m1/s1. The zero-order valence-corrected chi connectivity index (χ0v) is 22.2. The summed E-state index contributed by atoms with van der Waals surface area (Å²) in [5, 5.41) is 2.81. The maximum absolute atomic E-state index is 13.4. The Morgan fingerprint density at radius 2 is 1.82 bits per heavy atom. The number of hydrogen-bond donors (Lipinski definition) is 1. The van der Waals surface area contributed by atoms with Crippen molar-refractivity contribution in [2.75, 3.05) is 30.8 Å². The van der Waals surface area contributed by atoms with Crippen LogP contribution >= 0.6 is 22.6 Å². The summed E-state index contributed by atoms with van der Waals surface area (Å²) in [5.74, 6) is -0.158. The number of carbonyl (C=O) groups excluding carboxylic acids is 2. The third kappa shape index (κ3) is 7.88. The minimum atomic E-state index is -3.74. The van der Waals surface area contributed by atoms with Crippen LogP contribution in [0, 0.1) is 3.57 Å². The molecule has 0 saturated heterocycles. The zero-order chi connectivity index (χ0) is 24.6. The van der Waals surface area contributed by atoms with Gasteiger partial charge in [0.15, 0.2) is 0 Å². The SMILES string of the molecule is CCCNC(=O)[C@@H](C)N(Cc1cccc(OC)c1)C(=O)CN(c1ccc(I)cc1)S(C)(=O)=O. The molecule has 2 aromatic carbocycles. The highest BCUT2D eigenvalue weighted by atomic mass is 127. The number of sulfonamides is 1. The largest absolute Gasteiger partial charge is 0.497 e. The molecule has 0 aromatic heterocycles. The molecule has 180 valence electrons. The highest BCUT2D eigenvalue weighted by Crippen LogP contribution is 2.21. The first kappa shape index (κ1) is 26.9. The number of nitrogens with one attached hydrogen (secondary N) is 1. The Hall–Kier alpha value is -2.34. The predicted octanol–water partition coefficient (Wildman–Crippen LogP) is 3.01. The summed E-state index contributed by atoms with van der Waals surface area (Å²) in [6.07, 6.45) is 1.82. The van der Waals surface area contributed by atoms with Gasteiger partial charge >= 0.3 is 0 Å². The molecule has 2 rings (SSSR count). The van der Waals surface area contributed by atoms with Crippen molar-refractivity contribution in [2.24, 2.45) is 0 Å². The fourth-order valence-corrected chi connectivity index (χ4v) is 4.38. The van der Waals surface area contributed by atoms with Gasteiger partial charge in [-0.3, -0.25) is 13.9 Å². The molecule has 0 aliphatic carbocycles. The fourth-order valence-electron chi connectivity index (χ4n) is 3.17. The molecule has 0 heterocycles. The highest BCUT2D eigenvalue weighted by molar-refractivity contribution is 14.1. The van der Waals surface area contributed by atoms with Crippen molar-refractivity contribution in [3.05, 3.63) is 57.7 Å². The van der Waals surface area contributed by atoms with Crippen LogP contribution in [0.5, 0.6) is 5.75 Å². The number of nitrogens with zero attached hydrogens (tertiary/aromatic N) is 2. The molecule has 0 fully saturated rings. The summed E-state index contributed by atoms with van der Waals surface area (Å²) in [6.45, 7) is 3.77. The molecule has 1 N–H and O–H groups in total. The molecule has 0 aliphatic heterocycles.